The fourth-order valence-corrected chi connectivity index (χ4v) is 2.32. The van der Waals surface area contributed by atoms with Crippen LogP contribution in [0.3, 0.4) is 0 Å². The summed E-state index contributed by atoms with van der Waals surface area (Å²) in [6.07, 6.45) is 1.71. The van der Waals surface area contributed by atoms with E-state index in [1.807, 2.05) is 6.07 Å². The lowest BCUT2D eigenvalue weighted by atomic mass is 10.1. The van der Waals surface area contributed by atoms with Gasteiger partial charge in [0.15, 0.2) is 0 Å². The van der Waals surface area contributed by atoms with Gasteiger partial charge in [-0.25, -0.2) is 4.98 Å². The first kappa shape index (κ1) is 14.3. The van der Waals surface area contributed by atoms with Crippen molar-refractivity contribution in [2.75, 3.05) is 0 Å². The molecule has 4 heteroatoms. The average molecular weight is 323 g/mol. The molecule has 2 aromatic rings. The lowest BCUT2D eigenvalue weighted by Gasteiger charge is -2.19. The number of benzene rings is 1. The summed E-state index contributed by atoms with van der Waals surface area (Å²) in [5.41, 5.74) is 3.17. The van der Waals surface area contributed by atoms with Crippen LogP contribution in [0.5, 0.6) is 0 Å². The minimum atomic E-state index is 0.0730. The van der Waals surface area contributed by atoms with Crippen LogP contribution in [-0.2, 0) is 6.54 Å². The molecule has 0 aliphatic rings. The van der Waals surface area contributed by atoms with Crippen LogP contribution in [0.4, 0.5) is 0 Å². The van der Waals surface area contributed by atoms with Crippen molar-refractivity contribution >= 4 is 15.9 Å². The third-order valence-electron chi connectivity index (χ3n) is 2.71. The molecule has 0 saturated heterocycles. The summed E-state index contributed by atoms with van der Waals surface area (Å²) in [5, 5.41) is 3.39. The third kappa shape index (κ3) is 3.91. The van der Waals surface area contributed by atoms with Crippen molar-refractivity contribution in [1.82, 2.24) is 10.3 Å². The highest BCUT2D eigenvalue weighted by Crippen LogP contribution is 2.28. The fourth-order valence-electron chi connectivity index (χ4n) is 1.66. The smallest absolute Gasteiger partial charge is 0.227 e. The third-order valence-corrected chi connectivity index (χ3v) is 3.36. The molecule has 0 saturated carbocycles. The van der Waals surface area contributed by atoms with E-state index in [4.69, 9.17) is 4.42 Å². The van der Waals surface area contributed by atoms with E-state index in [-0.39, 0.29) is 5.54 Å². The maximum absolute atomic E-state index is 5.56. The Hall–Kier alpha value is -1.13. The summed E-state index contributed by atoms with van der Waals surface area (Å²) in [6.45, 7) is 9.15. The van der Waals surface area contributed by atoms with Crippen LogP contribution in [-0.4, -0.2) is 10.5 Å². The molecule has 19 heavy (non-hydrogen) atoms. The van der Waals surface area contributed by atoms with Crippen molar-refractivity contribution < 1.29 is 4.42 Å². The van der Waals surface area contributed by atoms with Crippen molar-refractivity contribution in [2.24, 2.45) is 0 Å². The molecule has 0 fully saturated rings. The zero-order chi connectivity index (χ0) is 14.0. The van der Waals surface area contributed by atoms with Gasteiger partial charge < -0.3 is 9.73 Å². The van der Waals surface area contributed by atoms with Crippen LogP contribution in [0.1, 0.15) is 32.0 Å². The zero-order valence-electron chi connectivity index (χ0n) is 11.7. The van der Waals surface area contributed by atoms with Gasteiger partial charge in [-0.3, -0.25) is 0 Å². The van der Waals surface area contributed by atoms with Crippen LogP contribution in [0.15, 0.2) is 33.4 Å². The maximum atomic E-state index is 5.56. The molecule has 0 radical (unpaired) electrons. The van der Waals surface area contributed by atoms with Crippen LogP contribution in [0, 0.1) is 6.92 Å². The molecule has 0 bridgehead atoms. The molecule has 1 aromatic heterocycles. The highest BCUT2D eigenvalue weighted by atomic mass is 79.9. The topological polar surface area (TPSA) is 38.1 Å². The summed E-state index contributed by atoms with van der Waals surface area (Å²) in [7, 11) is 0. The van der Waals surface area contributed by atoms with E-state index < -0.39 is 0 Å². The van der Waals surface area contributed by atoms with Gasteiger partial charge in [0.1, 0.15) is 6.26 Å². The highest BCUT2D eigenvalue weighted by molar-refractivity contribution is 9.10. The number of rotatable bonds is 3. The quantitative estimate of drug-likeness (QED) is 0.915. The predicted octanol–water partition coefficient (Wildman–Crippen LogP) is 4.30. The monoisotopic (exact) mass is 322 g/mol. The molecule has 102 valence electrons. The second-order valence-electron chi connectivity index (χ2n) is 5.73. The second-order valence-corrected chi connectivity index (χ2v) is 6.59. The summed E-state index contributed by atoms with van der Waals surface area (Å²) in [4.78, 5) is 4.51. The Labute approximate surface area is 122 Å². The van der Waals surface area contributed by atoms with Gasteiger partial charge in [0.25, 0.3) is 0 Å². The largest absolute Gasteiger partial charge is 0.444 e. The molecule has 0 spiro atoms. The van der Waals surface area contributed by atoms with Gasteiger partial charge >= 0.3 is 0 Å². The van der Waals surface area contributed by atoms with Gasteiger partial charge in [0.2, 0.25) is 5.89 Å². The number of halogens is 1. The van der Waals surface area contributed by atoms with Crippen LogP contribution in [0.25, 0.3) is 11.5 Å². The molecule has 0 aliphatic carbocycles. The van der Waals surface area contributed by atoms with Crippen molar-refractivity contribution in [1.29, 1.82) is 0 Å². The van der Waals surface area contributed by atoms with E-state index in [1.165, 1.54) is 5.56 Å². The minimum absolute atomic E-state index is 0.0730. The van der Waals surface area contributed by atoms with Gasteiger partial charge in [-0.05, 0) is 61.3 Å². The Bertz CT molecular complexity index is 570. The van der Waals surface area contributed by atoms with E-state index in [9.17, 15) is 0 Å². The van der Waals surface area contributed by atoms with Crippen molar-refractivity contribution in [3.63, 3.8) is 0 Å². The number of oxazole rings is 1. The summed E-state index contributed by atoms with van der Waals surface area (Å²) in [6, 6.07) is 6.14. The van der Waals surface area contributed by atoms with Gasteiger partial charge in [0.05, 0.1) is 11.3 Å². The molecule has 1 aromatic carbocycles. The van der Waals surface area contributed by atoms with Crippen LogP contribution in [0.2, 0.25) is 0 Å². The average Bonchev–Trinajstić information content (AvgIpc) is 2.74. The summed E-state index contributed by atoms with van der Waals surface area (Å²) in [5.74, 6) is 0.651. The summed E-state index contributed by atoms with van der Waals surface area (Å²) < 4.78 is 6.56. The van der Waals surface area contributed by atoms with Crippen molar-refractivity contribution in [3.8, 4) is 11.5 Å². The van der Waals surface area contributed by atoms with E-state index >= 15 is 0 Å². The molecular formula is C15H19BrN2O. The molecular weight excluding hydrogens is 304 g/mol. The number of nitrogens with one attached hydrogen (secondary N) is 1. The Morgan fingerprint density at radius 3 is 2.68 bits per heavy atom. The van der Waals surface area contributed by atoms with E-state index in [0.29, 0.717) is 12.4 Å². The van der Waals surface area contributed by atoms with Gasteiger partial charge in [-0.1, -0.05) is 6.07 Å². The van der Waals surface area contributed by atoms with Gasteiger partial charge in [-0.2, -0.15) is 0 Å². The Balaban J connectivity index is 2.16. The fraction of sp³-hybridized carbons (Fsp3) is 0.400. The molecule has 2 rings (SSSR count). The Morgan fingerprint density at radius 2 is 2.05 bits per heavy atom. The molecule has 1 heterocycles. The maximum Gasteiger partial charge on any atom is 0.227 e. The van der Waals surface area contributed by atoms with Crippen LogP contribution >= 0.6 is 15.9 Å². The normalized spacial score (nSPS) is 11.8. The van der Waals surface area contributed by atoms with Crippen LogP contribution < -0.4 is 5.32 Å². The molecule has 0 aliphatic heterocycles. The lowest BCUT2D eigenvalue weighted by Crippen LogP contribution is -2.35. The Morgan fingerprint density at radius 1 is 1.32 bits per heavy atom. The molecule has 1 N–H and O–H groups in total. The number of hydrogen-bond donors (Lipinski definition) is 1. The predicted molar refractivity (Wildman–Crippen MR) is 81.0 cm³/mol. The minimum Gasteiger partial charge on any atom is -0.444 e. The van der Waals surface area contributed by atoms with Crippen molar-refractivity contribution in [3.05, 3.63) is 40.2 Å². The first-order valence-electron chi connectivity index (χ1n) is 6.31. The Kier molecular flexibility index (Phi) is 4.11. The molecule has 0 unspecified atom stereocenters. The lowest BCUT2D eigenvalue weighted by molar-refractivity contribution is 0.421. The number of nitrogens with zero attached hydrogens (tertiary/aromatic N) is 1. The van der Waals surface area contributed by atoms with Gasteiger partial charge in [-0.15, -0.1) is 0 Å². The van der Waals surface area contributed by atoms with E-state index in [2.05, 4.69) is 66.1 Å². The summed E-state index contributed by atoms with van der Waals surface area (Å²) >= 11 is 3.55. The second kappa shape index (κ2) is 5.47. The standard InChI is InChI=1S/C15H19BrN2O/c1-10-5-6-12(13(16)7-10)14-18-11(9-19-14)8-17-15(2,3)4/h5-7,9,17H,8H2,1-4H3. The highest BCUT2D eigenvalue weighted by Gasteiger charge is 2.13. The van der Waals surface area contributed by atoms with Crippen molar-refractivity contribution in [2.45, 2.75) is 39.8 Å². The first-order chi connectivity index (χ1) is 8.85. The molecule has 0 amide bonds. The number of aromatic nitrogens is 1. The van der Waals surface area contributed by atoms with Gasteiger partial charge in [0, 0.05) is 16.6 Å². The van der Waals surface area contributed by atoms with E-state index in [0.717, 1.165) is 15.7 Å². The molecule has 3 nitrogen and oxygen atoms in total. The number of hydrogen-bond acceptors (Lipinski definition) is 3. The SMILES string of the molecule is Cc1ccc(-c2nc(CNC(C)(C)C)co2)c(Br)c1. The zero-order valence-corrected chi connectivity index (χ0v) is 13.3. The first-order valence-corrected chi connectivity index (χ1v) is 7.10. The number of aryl methyl sites for hydroxylation is 1. The molecule has 0 atom stereocenters. The van der Waals surface area contributed by atoms with E-state index in [1.54, 1.807) is 6.26 Å².